The van der Waals surface area contributed by atoms with Gasteiger partial charge in [-0.15, -0.1) is 0 Å². The summed E-state index contributed by atoms with van der Waals surface area (Å²) in [4.78, 5) is 18.1. The summed E-state index contributed by atoms with van der Waals surface area (Å²) < 4.78 is 31.2. The molecule has 0 bridgehead atoms. The number of nitrogens with zero attached hydrogens (tertiary/aromatic N) is 3. The van der Waals surface area contributed by atoms with Crippen molar-refractivity contribution in [1.29, 1.82) is 0 Å². The van der Waals surface area contributed by atoms with Crippen LogP contribution in [-0.2, 0) is 10.2 Å². The molecule has 1 aromatic carbocycles. The fourth-order valence-corrected chi connectivity index (χ4v) is 2.94. The highest BCUT2D eigenvalue weighted by Crippen LogP contribution is 2.53. The van der Waals surface area contributed by atoms with Gasteiger partial charge in [-0.25, -0.2) is 8.78 Å². The predicted octanol–water partition coefficient (Wildman–Crippen LogP) is 2.55. The van der Waals surface area contributed by atoms with Crippen LogP contribution in [0, 0.1) is 6.92 Å². The number of halogens is 2. The number of benzene rings is 1. The Morgan fingerprint density at radius 2 is 2.15 bits per heavy atom. The molecule has 2 aromatic rings. The number of carboxylic acids is 1. The van der Waals surface area contributed by atoms with Crippen molar-refractivity contribution in [3.8, 4) is 0 Å². The largest absolute Gasteiger partial charge is 0.480 e. The van der Waals surface area contributed by atoms with Crippen LogP contribution in [0.1, 0.15) is 35.7 Å². The van der Waals surface area contributed by atoms with E-state index in [9.17, 15) is 13.6 Å². The van der Waals surface area contributed by atoms with E-state index in [0.29, 0.717) is 5.82 Å². The second-order valence-electron chi connectivity index (χ2n) is 6.36. The van der Waals surface area contributed by atoms with Crippen LogP contribution in [0.3, 0.4) is 0 Å². The average Bonchev–Trinajstić information content (AvgIpc) is 3.26. The van der Waals surface area contributed by atoms with E-state index in [1.807, 2.05) is 31.2 Å². The highest BCUT2D eigenvalue weighted by molar-refractivity contribution is 6.02. The Morgan fingerprint density at radius 3 is 2.74 bits per heavy atom. The van der Waals surface area contributed by atoms with Crippen molar-refractivity contribution in [2.24, 2.45) is 10.7 Å². The number of carbonyl (C=O) groups is 1. The maximum absolute atomic E-state index is 13.0. The molecular weight excluding hydrogens is 358 g/mol. The number of hydrogen-bond acceptors (Lipinski definition) is 6. The summed E-state index contributed by atoms with van der Waals surface area (Å²) in [6.45, 7) is 1.22. The second-order valence-corrected chi connectivity index (χ2v) is 6.36. The van der Waals surface area contributed by atoms with E-state index in [1.165, 1.54) is 0 Å². The summed E-state index contributed by atoms with van der Waals surface area (Å²) in [6, 6.07) is 7.88. The molecule has 0 unspecified atom stereocenters. The van der Waals surface area contributed by atoms with Crippen molar-refractivity contribution in [1.82, 2.24) is 10.1 Å². The van der Waals surface area contributed by atoms with Gasteiger partial charge in [0, 0.05) is 0 Å². The number of aliphatic imine (C=N–C) groups is 1. The van der Waals surface area contributed by atoms with Crippen LogP contribution in [0.4, 0.5) is 8.78 Å². The van der Waals surface area contributed by atoms with Crippen molar-refractivity contribution in [2.75, 3.05) is 6.54 Å². The van der Waals surface area contributed by atoms with Crippen LogP contribution in [0.25, 0.3) is 5.70 Å². The van der Waals surface area contributed by atoms with Gasteiger partial charge < -0.3 is 15.4 Å². The quantitative estimate of drug-likeness (QED) is 0.718. The van der Waals surface area contributed by atoms with E-state index in [2.05, 4.69) is 15.1 Å². The first kappa shape index (κ1) is 18.7. The number of nitrogens with two attached hydrogens (primary N) is 1. The van der Waals surface area contributed by atoms with Crippen molar-refractivity contribution in [2.45, 2.75) is 31.6 Å². The van der Waals surface area contributed by atoms with E-state index in [1.54, 1.807) is 0 Å². The van der Waals surface area contributed by atoms with Gasteiger partial charge in [0.05, 0.1) is 11.1 Å². The molecule has 1 aliphatic rings. The molecule has 1 fully saturated rings. The van der Waals surface area contributed by atoms with Crippen molar-refractivity contribution >= 4 is 17.4 Å². The Bertz CT molecular complexity index is 917. The third kappa shape index (κ3) is 3.86. The molecule has 3 N–H and O–H groups in total. The van der Waals surface area contributed by atoms with E-state index >= 15 is 0 Å². The topological polar surface area (TPSA) is 115 Å². The normalized spacial score (nSPS) is 16.6. The van der Waals surface area contributed by atoms with E-state index < -0.39 is 24.7 Å². The first-order valence-corrected chi connectivity index (χ1v) is 8.25. The fraction of sp³-hybridized carbons (Fsp3) is 0.333. The number of rotatable bonds is 7. The Labute approximate surface area is 153 Å². The van der Waals surface area contributed by atoms with E-state index in [-0.39, 0.29) is 17.0 Å². The third-order valence-corrected chi connectivity index (χ3v) is 4.44. The lowest BCUT2D eigenvalue weighted by molar-refractivity contribution is -0.135. The number of allylic oxidation sites excluding steroid dienone is 1. The molecular formula is C18H18F2N4O3. The minimum Gasteiger partial charge on any atom is -0.480 e. The first-order chi connectivity index (χ1) is 12.8. The van der Waals surface area contributed by atoms with Crippen LogP contribution < -0.4 is 5.73 Å². The lowest BCUT2D eigenvalue weighted by atomic mass is 9.91. The number of aromatic nitrogens is 2. The second kappa shape index (κ2) is 7.26. The first-order valence-electron chi connectivity index (χ1n) is 8.25. The van der Waals surface area contributed by atoms with Crippen molar-refractivity contribution < 1.29 is 23.2 Å². The van der Waals surface area contributed by atoms with Gasteiger partial charge >= 0.3 is 5.97 Å². The van der Waals surface area contributed by atoms with Crippen molar-refractivity contribution in [3.63, 3.8) is 0 Å². The zero-order valence-corrected chi connectivity index (χ0v) is 14.5. The van der Waals surface area contributed by atoms with Gasteiger partial charge in [0.1, 0.15) is 12.3 Å². The minimum absolute atomic E-state index is 0.103. The van der Waals surface area contributed by atoms with Crippen LogP contribution in [0.5, 0.6) is 0 Å². The average molecular weight is 376 g/mol. The number of carboxylic acid groups (broad SMARTS) is 1. The molecule has 7 nitrogen and oxygen atoms in total. The maximum atomic E-state index is 13.0. The van der Waals surface area contributed by atoms with Crippen LogP contribution in [0.15, 0.2) is 39.9 Å². The number of hydrogen-bond donors (Lipinski definition) is 2. The fourth-order valence-electron chi connectivity index (χ4n) is 2.94. The number of alkyl halides is 2. The molecule has 1 heterocycles. The molecule has 142 valence electrons. The standard InChI is InChI=1S/C18H18F2N4O3/c1-10-4-2-3-5-11(10)18(6-7-18)17-23-16(27-24-17)12(21)8-13(15(19)20)22-9-14(25)26/h2-5,8,15H,6-7,9,21H2,1H3,(H,25,26)/b12-8-,22-13?. The van der Waals surface area contributed by atoms with Gasteiger partial charge in [0.2, 0.25) is 0 Å². The molecule has 1 aromatic heterocycles. The van der Waals surface area contributed by atoms with Gasteiger partial charge in [-0.2, -0.15) is 4.98 Å². The van der Waals surface area contributed by atoms with Crippen LogP contribution >= 0.6 is 0 Å². The third-order valence-electron chi connectivity index (χ3n) is 4.44. The van der Waals surface area contributed by atoms with Gasteiger partial charge in [0.15, 0.2) is 5.82 Å². The van der Waals surface area contributed by atoms with Gasteiger partial charge in [0.25, 0.3) is 12.3 Å². The molecule has 0 atom stereocenters. The van der Waals surface area contributed by atoms with Crippen LogP contribution in [0.2, 0.25) is 0 Å². The Morgan fingerprint density at radius 1 is 1.44 bits per heavy atom. The highest BCUT2D eigenvalue weighted by atomic mass is 19.3. The smallest absolute Gasteiger partial charge is 0.325 e. The van der Waals surface area contributed by atoms with Gasteiger partial charge in [-0.1, -0.05) is 29.4 Å². The number of aryl methyl sites for hydroxylation is 1. The molecule has 0 spiro atoms. The summed E-state index contributed by atoms with van der Waals surface area (Å²) in [5, 5.41) is 12.6. The molecule has 0 aliphatic heterocycles. The molecule has 1 saturated carbocycles. The minimum atomic E-state index is -2.98. The molecule has 0 saturated heterocycles. The monoisotopic (exact) mass is 376 g/mol. The summed E-state index contributed by atoms with van der Waals surface area (Å²) >= 11 is 0. The van der Waals surface area contributed by atoms with Crippen LogP contribution in [-0.4, -0.2) is 39.9 Å². The summed E-state index contributed by atoms with van der Waals surface area (Å²) in [5.74, 6) is -0.980. The summed E-state index contributed by atoms with van der Waals surface area (Å²) in [5.41, 5.74) is 6.68. The highest BCUT2D eigenvalue weighted by Gasteiger charge is 2.50. The molecule has 0 radical (unpaired) electrons. The van der Waals surface area contributed by atoms with Crippen molar-refractivity contribution in [3.05, 3.63) is 53.2 Å². The zero-order valence-electron chi connectivity index (χ0n) is 14.5. The molecule has 1 aliphatic carbocycles. The summed E-state index contributed by atoms with van der Waals surface area (Å²) in [6.07, 6.45) is -0.420. The lowest BCUT2D eigenvalue weighted by Gasteiger charge is -2.13. The molecule has 27 heavy (non-hydrogen) atoms. The van der Waals surface area contributed by atoms with Gasteiger partial charge in [-0.3, -0.25) is 9.79 Å². The molecule has 9 heteroatoms. The lowest BCUT2D eigenvalue weighted by Crippen LogP contribution is -2.14. The Hall–Kier alpha value is -3.10. The molecule has 3 rings (SSSR count). The predicted molar refractivity (Wildman–Crippen MR) is 93.6 cm³/mol. The van der Waals surface area contributed by atoms with E-state index in [0.717, 1.165) is 30.0 Å². The Balaban J connectivity index is 1.88. The number of aliphatic carboxylic acids is 1. The Kier molecular flexibility index (Phi) is 5.02. The SMILES string of the molecule is Cc1ccccc1C1(c2noc(/C(N)=C/C(=NCC(=O)O)C(F)F)n2)CC1. The zero-order chi connectivity index (χ0) is 19.6. The molecule has 0 amide bonds. The van der Waals surface area contributed by atoms with Gasteiger partial charge in [-0.05, 0) is 37.0 Å². The summed E-state index contributed by atoms with van der Waals surface area (Å²) in [7, 11) is 0. The van der Waals surface area contributed by atoms with E-state index in [4.69, 9.17) is 15.4 Å². The maximum Gasteiger partial charge on any atom is 0.325 e.